The number of thiazole rings is 1. The van der Waals surface area contributed by atoms with Gasteiger partial charge < -0.3 is 10.1 Å². The standard InChI is InChI=1S/C19H21N5O2S/c1-11(2)14-10-26-19(25)24(14)16-8-9-20-18(23-16)21-12(3)17-22-13-6-4-5-7-15(13)27-17/h4-9,11-12,14H,10H2,1-3H3,(H,20,21,23)/t12-,14-/m1/s1. The molecule has 0 radical (unpaired) electrons. The van der Waals surface area contributed by atoms with Crippen LogP contribution in [0.3, 0.4) is 0 Å². The highest BCUT2D eigenvalue weighted by atomic mass is 32.1. The Kier molecular flexibility index (Phi) is 4.65. The number of hydrogen-bond acceptors (Lipinski definition) is 7. The summed E-state index contributed by atoms with van der Waals surface area (Å²) in [5.41, 5.74) is 0.986. The lowest BCUT2D eigenvalue weighted by Crippen LogP contribution is -2.37. The molecule has 0 spiro atoms. The molecule has 1 N–H and O–H groups in total. The number of carbonyl (C=O) groups is 1. The summed E-state index contributed by atoms with van der Waals surface area (Å²) in [4.78, 5) is 27.3. The normalized spacial score (nSPS) is 18.1. The Bertz CT molecular complexity index is 940. The van der Waals surface area contributed by atoms with Crippen molar-refractivity contribution in [3.63, 3.8) is 0 Å². The van der Waals surface area contributed by atoms with Crippen LogP contribution < -0.4 is 10.2 Å². The van der Waals surface area contributed by atoms with Gasteiger partial charge in [0.2, 0.25) is 5.95 Å². The summed E-state index contributed by atoms with van der Waals surface area (Å²) in [5, 5.41) is 4.25. The van der Waals surface area contributed by atoms with Gasteiger partial charge in [-0.1, -0.05) is 26.0 Å². The molecule has 3 heterocycles. The smallest absolute Gasteiger partial charge is 0.415 e. The Morgan fingerprint density at radius 1 is 1.22 bits per heavy atom. The van der Waals surface area contributed by atoms with Crippen LogP contribution in [0, 0.1) is 5.92 Å². The molecule has 1 aromatic carbocycles. The van der Waals surface area contributed by atoms with E-state index in [2.05, 4.69) is 40.2 Å². The highest BCUT2D eigenvalue weighted by molar-refractivity contribution is 7.18. The van der Waals surface area contributed by atoms with Gasteiger partial charge in [-0.15, -0.1) is 11.3 Å². The summed E-state index contributed by atoms with van der Waals surface area (Å²) in [5.74, 6) is 1.27. The van der Waals surface area contributed by atoms with Gasteiger partial charge in [-0.2, -0.15) is 4.98 Å². The van der Waals surface area contributed by atoms with Crippen LogP contribution in [0.15, 0.2) is 36.5 Å². The van der Waals surface area contributed by atoms with Crippen LogP contribution >= 0.6 is 11.3 Å². The lowest BCUT2D eigenvalue weighted by atomic mass is 10.0. The van der Waals surface area contributed by atoms with Crippen molar-refractivity contribution in [2.75, 3.05) is 16.8 Å². The minimum atomic E-state index is -0.363. The van der Waals surface area contributed by atoms with Crippen molar-refractivity contribution in [1.29, 1.82) is 0 Å². The second-order valence-corrected chi connectivity index (χ2v) is 7.94. The van der Waals surface area contributed by atoms with Crippen molar-refractivity contribution in [3.05, 3.63) is 41.5 Å². The predicted molar refractivity (Wildman–Crippen MR) is 106 cm³/mol. The van der Waals surface area contributed by atoms with Crippen molar-refractivity contribution < 1.29 is 9.53 Å². The van der Waals surface area contributed by atoms with Crippen LogP contribution in [0.2, 0.25) is 0 Å². The molecule has 1 aliphatic rings. The first-order valence-corrected chi connectivity index (χ1v) is 9.75. The van der Waals surface area contributed by atoms with Gasteiger partial charge in [0.05, 0.1) is 22.3 Å². The summed E-state index contributed by atoms with van der Waals surface area (Å²) < 4.78 is 6.36. The number of aromatic nitrogens is 3. The number of benzene rings is 1. The average Bonchev–Trinajstić information content (AvgIpc) is 3.25. The van der Waals surface area contributed by atoms with E-state index >= 15 is 0 Å². The van der Waals surface area contributed by atoms with Gasteiger partial charge >= 0.3 is 6.09 Å². The van der Waals surface area contributed by atoms with Crippen LogP contribution in [0.1, 0.15) is 31.8 Å². The minimum absolute atomic E-state index is 0.0260. The lowest BCUT2D eigenvalue weighted by molar-refractivity contribution is 0.177. The predicted octanol–water partition coefficient (Wildman–Crippen LogP) is 4.24. The number of ether oxygens (including phenoxy) is 1. The topological polar surface area (TPSA) is 80.2 Å². The number of cyclic esters (lactones) is 1. The summed E-state index contributed by atoms with van der Waals surface area (Å²) in [6.45, 7) is 6.53. The molecule has 140 valence electrons. The van der Waals surface area contributed by atoms with Gasteiger partial charge in [-0.3, -0.25) is 4.90 Å². The first-order chi connectivity index (χ1) is 13.0. The van der Waals surface area contributed by atoms with E-state index in [1.54, 1.807) is 28.5 Å². The molecule has 8 heteroatoms. The fourth-order valence-electron chi connectivity index (χ4n) is 3.07. The van der Waals surface area contributed by atoms with E-state index in [1.807, 2.05) is 25.1 Å². The Labute approximate surface area is 161 Å². The number of amides is 1. The molecule has 2 atom stereocenters. The molecule has 2 aromatic heterocycles. The number of carbonyl (C=O) groups excluding carboxylic acids is 1. The number of hydrogen-bond donors (Lipinski definition) is 1. The number of anilines is 2. The fourth-order valence-corrected chi connectivity index (χ4v) is 4.04. The largest absolute Gasteiger partial charge is 0.447 e. The number of nitrogens with one attached hydrogen (secondary N) is 1. The molecule has 7 nitrogen and oxygen atoms in total. The van der Waals surface area contributed by atoms with Gasteiger partial charge in [-0.25, -0.2) is 14.8 Å². The molecular weight excluding hydrogens is 362 g/mol. The minimum Gasteiger partial charge on any atom is -0.447 e. The first kappa shape index (κ1) is 17.7. The van der Waals surface area contributed by atoms with Gasteiger partial charge in [0, 0.05) is 6.20 Å². The summed E-state index contributed by atoms with van der Waals surface area (Å²) in [6, 6.07) is 9.71. The Morgan fingerprint density at radius 2 is 2.04 bits per heavy atom. The van der Waals surface area contributed by atoms with Crippen molar-refractivity contribution >= 4 is 39.4 Å². The molecule has 0 unspecified atom stereocenters. The maximum absolute atomic E-state index is 12.2. The van der Waals surface area contributed by atoms with Crippen LogP contribution in [0.25, 0.3) is 10.2 Å². The highest BCUT2D eigenvalue weighted by Crippen LogP contribution is 2.29. The summed E-state index contributed by atoms with van der Waals surface area (Å²) in [7, 11) is 0. The third kappa shape index (κ3) is 3.44. The van der Waals surface area contributed by atoms with E-state index in [-0.39, 0.29) is 24.1 Å². The molecule has 27 heavy (non-hydrogen) atoms. The summed E-state index contributed by atoms with van der Waals surface area (Å²) in [6.07, 6.45) is 1.29. The molecule has 0 saturated carbocycles. The Hall–Kier alpha value is -2.74. The molecule has 1 amide bonds. The Balaban J connectivity index is 1.56. The second-order valence-electron chi connectivity index (χ2n) is 6.88. The molecule has 1 fully saturated rings. The van der Waals surface area contributed by atoms with Crippen LogP contribution in [-0.4, -0.2) is 33.7 Å². The van der Waals surface area contributed by atoms with Crippen molar-refractivity contribution in [3.8, 4) is 0 Å². The van der Waals surface area contributed by atoms with Crippen LogP contribution in [0.5, 0.6) is 0 Å². The SMILES string of the molecule is CC(C)[C@H]1COC(=O)N1c1ccnc(N[C@H](C)c2nc3ccccc3s2)n1. The first-order valence-electron chi connectivity index (χ1n) is 8.94. The van der Waals surface area contributed by atoms with E-state index < -0.39 is 0 Å². The Morgan fingerprint density at radius 3 is 2.81 bits per heavy atom. The second kappa shape index (κ2) is 7.11. The van der Waals surface area contributed by atoms with Crippen LogP contribution in [-0.2, 0) is 4.74 Å². The zero-order valence-electron chi connectivity index (χ0n) is 15.4. The van der Waals surface area contributed by atoms with E-state index in [1.165, 1.54) is 0 Å². The quantitative estimate of drug-likeness (QED) is 0.710. The van der Waals surface area contributed by atoms with Crippen LogP contribution in [0.4, 0.5) is 16.6 Å². The van der Waals surface area contributed by atoms with Gasteiger partial charge in [-0.05, 0) is 31.0 Å². The number of fused-ring (bicyclic) bond motifs is 1. The maximum Gasteiger partial charge on any atom is 0.415 e. The molecule has 0 bridgehead atoms. The lowest BCUT2D eigenvalue weighted by Gasteiger charge is -2.23. The monoisotopic (exact) mass is 383 g/mol. The van der Waals surface area contributed by atoms with E-state index in [0.717, 1.165) is 15.2 Å². The molecule has 0 aliphatic carbocycles. The number of para-hydroxylation sites is 1. The number of nitrogens with zero attached hydrogens (tertiary/aromatic N) is 4. The van der Waals surface area contributed by atoms with Gasteiger partial charge in [0.1, 0.15) is 17.4 Å². The van der Waals surface area contributed by atoms with Gasteiger partial charge in [0.15, 0.2) is 0 Å². The van der Waals surface area contributed by atoms with Gasteiger partial charge in [0.25, 0.3) is 0 Å². The summed E-state index contributed by atoms with van der Waals surface area (Å²) >= 11 is 1.65. The zero-order valence-corrected chi connectivity index (χ0v) is 16.2. The third-order valence-electron chi connectivity index (χ3n) is 4.59. The molecular formula is C19H21N5O2S. The highest BCUT2D eigenvalue weighted by Gasteiger charge is 2.37. The average molecular weight is 383 g/mol. The third-order valence-corrected chi connectivity index (χ3v) is 5.81. The van der Waals surface area contributed by atoms with E-state index in [0.29, 0.717) is 18.4 Å². The number of rotatable bonds is 5. The maximum atomic E-state index is 12.2. The van der Waals surface area contributed by atoms with Crippen molar-refractivity contribution in [2.45, 2.75) is 32.9 Å². The molecule has 1 saturated heterocycles. The van der Waals surface area contributed by atoms with Crippen molar-refractivity contribution in [1.82, 2.24) is 15.0 Å². The zero-order chi connectivity index (χ0) is 19.0. The van der Waals surface area contributed by atoms with E-state index in [9.17, 15) is 4.79 Å². The van der Waals surface area contributed by atoms with Crippen molar-refractivity contribution in [2.24, 2.45) is 5.92 Å². The molecule has 3 aromatic rings. The van der Waals surface area contributed by atoms with E-state index in [4.69, 9.17) is 4.74 Å². The molecule has 4 rings (SSSR count). The molecule has 1 aliphatic heterocycles. The fraction of sp³-hybridized carbons (Fsp3) is 0.368.